The molecule has 0 atom stereocenters. The third-order valence-electron chi connectivity index (χ3n) is 6.37. The molecule has 0 amide bonds. The highest BCUT2D eigenvalue weighted by Crippen LogP contribution is 2.40. The molecular formula is C24H31N5O. The van der Waals surface area contributed by atoms with Gasteiger partial charge in [0, 0.05) is 39.4 Å². The Balaban J connectivity index is 0.00000218. The van der Waals surface area contributed by atoms with Crippen molar-refractivity contribution in [1.29, 1.82) is 5.26 Å². The number of imidazole rings is 1. The van der Waals surface area contributed by atoms with Gasteiger partial charge in [-0.2, -0.15) is 5.26 Å². The smallest absolute Gasteiger partial charge is 0.157 e. The van der Waals surface area contributed by atoms with Crippen LogP contribution in [0.3, 0.4) is 0 Å². The Morgan fingerprint density at radius 1 is 1.20 bits per heavy atom. The van der Waals surface area contributed by atoms with E-state index in [0.29, 0.717) is 5.92 Å². The fourth-order valence-electron chi connectivity index (χ4n) is 5.04. The minimum absolute atomic E-state index is 0. The van der Waals surface area contributed by atoms with E-state index in [9.17, 15) is 5.26 Å². The molecule has 0 bridgehead atoms. The molecule has 6 heteroatoms. The second-order valence-corrected chi connectivity index (χ2v) is 7.94. The van der Waals surface area contributed by atoms with E-state index in [1.807, 2.05) is 12.1 Å². The van der Waals surface area contributed by atoms with Crippen molar-refractivity contribution in [2.75, 3.05) is 44.3 Å². The number of aromatic nitrogens is 2. The summed E-state index contributed by atoms with van der Waals surface area (Å²) < 4.78 is 7.88. The number of nitriles is 1. The summed E-state index contributed by atoms with van der Waals surface area (Å²) in [7, 11) is 0. The number of fused-ring (bicyclic) bond motifs is 3. The monoisotopic (exact) mass is 405 g/mol. The molecule has 0 spiro atoms. The van der Waals surface area contributed by atoms with Crippen LogP contribution in [0.25, 0.3) is 16.7 Å². The van der Waals surface area contributed by atoms with Gasteiger partial charge in [0.1, 0.15) is 11.9 Å². The van der Waals surface area contributed by atoms with Crippen LogP contribution >= 0.6 is 0 Å². The average molecular weight is 406 g/mol. The third kappa shape index (κ3) is 3.23. The molecule has 30 heavy (non-hydrogen) atoms. The summed E-state index contributed by atoms with van der Waals surface area (Å²) in [6.07, 6.45) is 2.85. The molecule has 2 aliphatic rings. The first-order valence-electron chi connectivity index (χ1n) is 10.7. The molecule has 5 rings (SSSR count). The summed E-state index contributed by atoms with van der Waals surface area (Å²) in [5.41, 5.74) is 6.12. The van der Waals surface area contributed by atoms with Gasteiger partial charge in [-0.1, -0.05) is 26.5 Å². The Hall–Kier alpha value is -2.62. The topological polar surface area (TPSA) is 65.6 Å². The van der Waals surface area contributed by atoms with Crippen molar-refractivity contribution in [2.45, 2.75) is 39.5 Å². The molecule has 1 N–H and O–H groups in total. The van der Waals surface area contributed by atoms with Crippen LogP contribution in [0.15, 0.2) is 24.3 Å². The van der Waals surface area contributed by atoms with E-state index in [2.05, 4.69) is 39.7 Å². The Bertz CT molecular complexity index is 1080. The van der Waals surface area contributed by atoms with Crippen LogP contribution in [0.5, 0.6) is 0 Å². The molecule has 4 heterocycles. The summed E-state index contributed by atoms with van der Waals surface area (Å²) >= 11 is 0. The lowest BCUT2D eigenvalue weighted by Gasteiger charge is -2.34. The van der Waals surface area contributed by atoms with Gasteiger partial charge in [0.15, 0.2) is 5.65 Å². The van der Waals surface area contributed by atoms with Crippen LogP contribution in [0, 0.1) is 11.3 Å². The zero-order valence-corrected chi connectivity index (χ0v) is 16.9. The van der Waals surface area contributed by atoms with E-state index in [1.165, 1.54) is 16.9 Å². The van der Waals surface area contributed by atoms with Crippen LogP contribution in [0.4, 0.5) is 5.82 Å². The van der Waals surface area contributed by atoms with Gasteiger partial charge >= 0.3 is 0 Å². The van der Waals surface area contributed by atoms with Gasteiger partial charge in [-0.25, -0.2) is 4.98 Å². The van der Waals surface area contributed by atoms with Crippen molar-refractivity contribution < 1.29 is 4.74 Å². The standard InChI is InChI=1S/C23H27N5O.CH4/c1-2-17-21(16-7-13-29-14-8-16)18(15-24)22-26-19-5-3-4-6-20(19)28(22)23(17)27-11-9-25-10-12-27;/h3-6,16,25H,2,7-14H2,1H3;1H4. The highest BCUT2D eigenvalue weighted by Gasteiger charge is 2.30. The number of nitrogens with one attached hydrogen (secondary N) is 1. The third-order valence-corrected chi connectivity index (χ3v) is 6.37. The Morgan fingerprint density at radius 2 is 1.93 bits per heavy atom. The quantitative estimate of drug-likeness (QED) is 0.717. The number of rotatable bonds is 3. The van der Waals surface area contributed by atoms with Gasteiger partial charge in [0.2, 0.25) is 0 Å². The van der Waals surface area contributed by atoms with E-state index in [1.54, 1.807) is 0 Å². The van der Waals surface area contributed by atoms with Crippen molar-refractivity contribution in [3.8, 4) is 6.07 Å². The van der Waals surface area contributed by atoms with E-state index < -0.39 is 0 Å². The second-order valence-electron chi connectivity index (χ2n) is 7.94. The Labute approximate surface area is 178 Å². The molecule has 2 fully saturated rings. The number of hydrogen-bond donors (Lipinski definition) is 1. The predicted octanol–water partition coefficient (Wildman–Crippen LogP) is 3.86. The van der Waals surface area contributed by atoms with Gasteiger partial charge in [0.25, 0.3) is 0 Å². The van der Waals surface area contributed by atoms with Gasteiger partial charge in [0.05, 0.1) is 16.6 Å². The molecule has 3 aromatic rings. The number of hydrogen-bond acceptors (Lipinski definition) is 5. The van der Waals surface area contributed by atoms with Crippen molar-refractivity contribution in [1.82, 2.24) is 14.7 Å². The summed E-state index contributed by atoms with van der Waals surface area (Å²) in [6.45, 7) is 7.64. The van der Waals surface area contributed by atoms with Gasteiger partial charge < -0.3 is 15.0 Å². The summed E-state index contributed by atoms with van der Waals surface area (Å²) in [5.74, 6) is 1.60. The molecule has 0 radical (unpaired) electrons. The molecule has 1 aromatic carbocycles. The van der Waals surface area contributed by atoms with Crippen LogP contribution in [-0.2, 0) is 11.2 Å². The van der Waals surface area contributed by atoms with Crippen LogP contribution in [0.1, 0.15) is 49.8 Å². The average Bonchev–Trinajstić information content (AvgIpc) is 3.17. The zero-order valence-electron chi connectivity index (χ0n) is 16.9. The highest BCUT2D eigenvalue weighted by molar-refractivity contribution is 5.86. The lowest BCUT2D eigenvalue weighted by atomic mass is 9.84. The number of anilines is 1. The number of piperazine rings is 1. The van der Waals surface area contributed by atoms with E-state index in [0.717, 1.165) is 80.9 Å². The Morgan fingerprint density at radius 3 is 2.63 bits per heavy atom. The fourth-order valence-corrected chi connectivity index (χ4v) is 5.04. The minimum Gasteiger partial charge on any atom is -0.381 e. The van der Waals surface area contributed by atoms with E-state index >= 15 is 0 Å². The van der Waals surface area contributed by atoms with Crippen molar-refractivity contribution in [2.24, 2.45) is 0 Å². The van der Waals surface area contributed by atoms with E-state index in [-0.39, 0.29) is 7.43 Å². The molecule has 2 saturated heterocycles. The Kier molecular flexibility index (Phi) is 5.94. The van der Waals surface area contributed by atoms with Crippen molar-refractivity contribution in [3.05, 3.63) is 41.0 Å². The molecule has 158 valence electrons. The maximum atomic E-state index is 10.2. The lowest BCUT2D eigenvalue weighted by Crippen LogP contribution is -2.44. The number of nitrogens with zero attached hydrogens (tertiary/aromatic N) is 4. The van der Waals surface area contributed by atoms with Gasteiger partial charge in [-0.3, -0.25) is 4.40 Å². The zero-order chi connectivity index (χ0) is 19.8. The predicted molar refractivity (Wildman–Crippen MR) is 121 cm³/mol. The number of benzene rings is 1. The first-order valence-corrected chi connectivity index (χ1v) is 10.7. The number of para-hydroxylation sites is 2. The SMILES string of the molecule is C.CCc1c(C2CCOCC2)c(C#N)c2nc3ccccc3n2c1N1CCNCC1. The number of ether oxygens (including phenoxy) is 1. The molecule has 6 nitrogen and oxygen atoms in total. The van der Waals surface area contributed by atoms with Crippen molar-refractivity contribution in [3.63, 3.8) is 0 Å². The van der Waals surface area contributed by atoms with Crippen LogP contribution < -0.4 is 10.2 Å². The molecular weight excluding hydrogens is 374 g/mol. The van der Waals surface area contributed by atoms with Crippen LogP contribution in [0.2, 0.25) is 0 Å². The largest absolute Gasteiger partial charge is 0.381 e. The molecule has 0 saturated carbocycles. The first-order chi connectivity index (χ1) is 14.3. The summed E-state index contributed by atoms with van der Waals surface area (Å²) in [4.78, 5) is 7.43. The summed E-state index contributed by atoms with van der Waals surface area (Å²) in [6, 6.07) is 10.8. The minimum atomic E-state index is 0. The lowest BCUT2D eigenvalue weighted by molar-refractivity contribution is 0.0851. The van der Waals surface area contributed by atoms with Gasteiger partial charge in [-0.15, -0.1) is 0 Å². The molecule has 0 aliphatic carbocycles. The maximum Gasteiger partial charge on any atom is 0.157 e. The number of pyridine rings is 1. The fraction of sp³-hybridized carbons (Fsp3) is 0.500. The van der Waals surface area contributed by atoms with Crippen molar-refractivity contribution >= 4 is 22.5 Å². The van der Waals surface area contributed by atoms with Gasteiger partial charge in [-0.05, 0) is 48.4 Å². The summed E-state index contributed by atoms with van der Waals surface area (Å²) in [5, 5.41) is 13.7. The molecule has 2 aromatic heterocycles. The highest BCUT2D eigenvalue weighted by atomic mass is 16.5. The normalized spacial score (nSPS) is 17.8. The molecule has 0 unspecified atom stereocenters. The van der Waals surface area contributed by atoms with E-state index in [4.69, 9.17) is 9.72 Å². The maximum absolute atomic E-state index is 10.2. The molecule has 2 aliphatic heterocycles. The van der Waals surface area contributed by atoms with Crippen LogP contribution in [-0.4, -0.2) is 48.8 Å². The second kappa shape index (κ2) is 8.63. The first kappa shape index (κ1) is 20.6.